The van der Waals surface area contributed by atoms with Gasteiger partial charge in [0.15, 0.2) is 0 Å². The molecule has 2 rings (SSSR count). The number of halogens is 1. The Balaban J connectivity index is 1.78. The molecule has 4 heteroatoms. The molecule has 0 aliphatic heterocycles. The fourth-order valence-electron chi connectivity index (χ4n) is 2.48. The molecule has 90 valence electrons. The van der Waals surface area contributed by atoms with Crippen LogP contribution in [0, 0.1) is 5.41 Å². The van der Waals surface area contributed by atoms with Gasteiger partial charge in [0.25, 0.3) is 0 Å². The number of rotatable bonds is 5. The predicted octanol–water partition coefficient (Wildman–Crippen LogP) is 3.12. The van der Waals surface area contributed by atoms with Crippen molar-refractivity contribution in [3.63, 3.8) is 0 Å². The Morgan fingerprint density at radius 2 is 2.12 bits per heavy atom. The molecule has 0 radical (unpaired) electrons. The van der Waals surface area contributed by atoms with E-state index in [4.69, 9.17) is 5.73 Å². The van der Waals surface area contributed by atoms with Gasteiger partial charge in [-0.2, -0.15) is 0 Å². The predicted molar refractivity (Wildman–Crippen MR) is 73.7 cm³/mol. The van der Waals surface area contributed by atoms with Gasteiger partial charge >= 0.3 is 0 Å². The van der Waals surface area contributed by atoms with Crippen LogP contribution in [0.5, 0.6) is 0 Å². The summed E-state index contributed by atoms with van der Waals surface area (Å²) in [6.07, 6.45) is 5.29. The first kappa shape index (κ1) is 12.6. The smallest absolute Gasteiger partial charge is 0.0701 e. The van der Waals surface area contributed by atoms with Crippen molar-refractivity contribution in [2.45, 2.75) is 32.2 Å². The van der Waals surface area contributed by atoms with Crippen LogP contribution in [0.2, 0.25) is 0 Å². The minimum atomic E-state index is 0.383. The zero-order valence-corrected chi connectivity index (χ0v) is 11.9. The summed E-state index contributed by atoms with van der Waals surface area (Å²) in [6.45, 7) is 2.87. The van der Waals surface area contributed by atoms with Crippen molar-refractivity contribution in [3.05, 3.63) is 20.8 Å². The Bertz CT molecular complexity index is 332. The maximum Gasteiger partial charge on any atom is 0.0701 e. The lowest BCUT2D eigenvalue weighted by Crippen LogP contribution is -2.37. The van der Waals surface area contributed by atoms with E-state index in [2.05, 4.69) is 33.4 Å². The van der Waals surface area contributed by atoms with Crippen LogP contribution in [-0.2, 0) is 6.54 Å². The summed E-state index contributed by atoms with van der Waals surface area (Å²) >= 11 is 5.28. The Hall–Kier alpha value is 0.1000. The Kier molecular flexibility index (Phi) is 4.41. The van der Waals surface area contributed by atoms with Crippen LogP contribution < -0.4 is 11.1 Å². The second kappa shape index (κ2) is 5.63. The first-order valence-electron chi connectivity index (χ1n) is 5.89. The number of hydrogen-bond acceptors (Lipinski definition) is 3. The van der Waals surface area contributed by atoms with Gasteiger partial charge in [-0.15, -0.1) is 11.3 Å². The summed E-state index contributed by atoms with van der Waals surface area (Å²) in [4.78, 5) is 1.39. The van der Waals surface area contributed by atoms with Gasteiger partial charge < -0.3 is 11.1 Å². The van der Waals surface area contributed by atoms with E-state index in [0.717, 1.165) is 19.6 Å². The van der Waals surface area contributed by atoms with E-state index in [1.807, 2.05) is 0 Å². The second-order valence-corrected chi connectivity index (χ2v) is 7.27. The van der Waals surface area contributed by atoms with Gasteiger partial charge in [-0.3, -0.25) is 0 Å². The summed E-state index contributed by atoms with van der Waals surface area (Å²) in [5.74, 6) is 0. The molecule has 1 aromatic rings. The molecule has 1 heterocycles. The van der Waals surface area contributed by atoms with Gasteiger partial charge in [-0.1, -0.05) is 12.8 Å². The molecule has 0 spiro atoms. The third-order valence-electron chi connectivity index (χ3n) is 3.53. The zero-order valence-electron chi connectivity index (χ0n) is 9.47. The average molecular weight is 303 g/mol. The van der Waals surface area contributed by atoms with Gasteiger partial charge in [0.1, 0.15) is 0 Å². The molecule has 0 aromatic carbocycles. The van der Waals surface area contributed by atoms with Crippen molar-refractivity contribution in [3.8, 4) is 0 Å². The van der Waals surface area contributed by atoms with Gasteiger partial charge in [0, 0.05) is 18.0 Å². The molecule has 1 aliphatic rings. The van der Waals surface area contributed by atoms with Crippen LogP contribution in [-0.4, -0.2) is 13.1 Å². The highest BCUT2D eigenvalue weighted by Crippen LogP contribution is 2.36. The van der Waals surface area contributed by atoms with Crippen LogP contribution in [0.1, 0.15) is 30.6 Å². The molecular weight excluding hydrogens is 284 g/mol. The molecule has 1 aromatic heterocycles. The third kappa shape index (κ3) is 3.06. The average Bonchev–Trinajstić information content (AvgIpc) is 2.89. The van der Waals surface area contributed by atoms with Crippen LogP contribution in [0.3, 0.4) is 0 Å². The normalized spacial score (nSPS) is 19.1. The molecule has 0 bridgehead atoms. The van der Waals surface area contributed by atoms with E-state index >= 15 is 0 Å². The topological polar surface area (TPSA) is 38.0 Å². The fraction of sp³-hybridized carbons (Fsp3) is 0.667. The first-order chi connectivity index (χ1) is 7.74. The van der Waals surface area contributed by atoms with E-state index in [0.29, 0.717) is 5.41 Å². The highest BCUT2D eigenvalue weighted by molar-refractivity contribution is 9.11. The molecular formula is C12H19BrN2S. The zero-order chi connectivity index (χ0) is 11.4. The molecule has 1 aliphatic carbocycles. The van der Waals surface area contributed by atoms with E-state index in [1.165, 1.54) is 34.3 Å². The van der Waals surface area contributed by atoms with Crippen LogP contribution in [0.4, 0.5) is 0 Å². The molecule has 1 saturated carbocycles. The lowest BCUT2D eigenvalue weighted by Gasteiger charge is -2.27. The van der Waals surface area contributed by atoms with Crippen molar-refractivity contribution in [2.24, 2.45) is 11.1 Å². The van der Waals surface area contributed by atoms with Gasteiger partial charge in [0.2, 0.25) is 0 Å². The summed E-state index contributed by atoms with van der Waals surface area (Å²) in [7, 11) is 0. The highest BCUT2D eigenvalue weighted by atomic mass is 79.9. The Morgan fingerprint density at radius 3 is 2.69 bits per heavy atom. The van der Waals surface area contributed by atoms with Gasteiger partial charge in [-0.25, -0.2) is 0 Å². The van der Waals surface area contributed by atoms with E-state index < -0.39 is 0 Å². The third-order valence-corrected chi connectivity index (χ3v) is 5.15. The maximum absolute atomic E-state index is 5.91. The largest absolute Gasteiger partial charge is 0.330 e. The number of nitrogens with one attached hydrogen (secondary N) is 1. The minimum absolute atomic E-state index is 0.383. The van der Waals surface area contributed by atoms with E-state index in [-0.39, 0.29) is 0 Å². The maximum atomic E-state index is 5.91. The molecule has 0 amide bonds. The number of thiophene rings is 1. The standard InChI is InChI=1S/C12H19BrN2S/c13-11-4-3-10(16-11)7-15-9-12(8-14)5-1-2-6-12/h3-4,15H,1-2,5-9,14H2. The van der Waals surface area contributed by atoms with Crippen LogP contribution >= 0.6 is 27.3 Å². The summed E-state index contributed by atoms with van der Waals surface area (Å²) in [5, 5.41) is 3.56. The van der Waals surface area contributed by atoms with Crippen LogP contribution in [0.15, 0.2) is 15.9 Å². The molecule has 1 fully saturated rings. The monoisotopic (exact) mass is 302 g/mol. The molecule has 0 unspecified atom stereocenters. The summed E-state index contributed by atoms with van der Waals surface area (Å²) in [5.41, 5.74) is 6.29. The van der Waals surface area contributed by atoms with Gasteiger partial charge in [0.05, 0.1) is 3.79 Å². The second-order valence-electron chi connectivity index (χ2n) is 4.72. The fourth-order valence-corrected chi connectivity index (χ4v) is 3.93. The first-order valence-corrected chi connectivity index (χ1v) is 7.50. The molecule has 3 N–H and O–H groups in total. The lowest BCUT2D eigenvalue weighted by atomic mass is 9.86. The van der Waals surface area contributed by atoms with Crippen molar-refractivity contribution >= 4 is 27.3 Å². The number of hydrogen-bond donors (Lipinski definition) is 2. The molecule has 16 heavy (non-hydrogen) atoms. The lowest BCUT2D eigenvalue weighted by molar-refractivity contribution is 0.290. The van der Waals surface area contributed by atoms with E-state index in [1.54, 1.807) is 11.3 Å². The van der Waals surface area contributed by atoms with Crippen molar-refractivity contribution in [1.29, 1.82) is 0 Å². The summed E-state index contributed by atoms with van der Waals surface area (Å²) in [6, 6.07) is 4.28. The van der Waals surface area contributed by atoms with Gasteiger partial charge in [-0.05, 0) is 52.9 Å². The quantitative estimate of drug-likeness (QED) is 0.877. The van der Waals surface area contributed by atoms with Crippen molar-refractivity contribution in [2.75, 3.05) is 13.1 Å². The summed E-state index contributed by atoms with van der Waals surface area (Å²) < 4.78 is 1.21. The van der Waals surface area contributed by atoms with E-state index in [9.17, 15) is 0 Å². The Labute approximate surface area is 110 Å². The molecule has 0 saturated heterocycles. The Morgan fingerprint density at radius 1 is 1.38 bits per heavy atom. The van der Waals surface area contributed by atoms with Crippen molar-refractivity contribution < 1.29 is 0 Å². The van der Waals surface area contributed by atoms with Crippen molar-refractivity contribution in [1.82, 2.24) is 5.32 Å². The van der Waals surface area contributed by atoms with Crippen LogP contribution in [0.25, 0.3) is 0 Å². The SMILES string of the molecule is NCC1(CNCc2ccc(Br)s2)CCCC1. The highest BCUT2D eigenvalue weighted by Gasteiger charge is 2.31. The minimum Gasteiger partial charge on any atom is -0.330 e. The number of nitrogens with two attached hydrogens (primary N) is 1. The molecule has 0 atom stereocenters. The molecule has 2 nitrogen and oxygen atoms in total.